The number of nitrogens with zero attached hydrogens (tertiary/aromatic N) is 1. The molecule has 0 aromatic heterocycles. The fraction of sp³-hybridized carbons (Fsp3) is 0.900. The van der Waals surface area contributed by atoms with Crippen molar-refractivity contribution in [2.45, 2.75) is 124 Å². The van der Waals surface area contributed by atoms with E-state index in [1.165, 1.54) is 32.1 Å². The molecule has 0 aromatic carbocycles. The number of hydrogen-bond acceptors (Lipinski definition) is 4. The Morgan fingerprint density at radius 3 is 2.08 bits per heavy atom. The molecule has 1 saturated heterocycles. The number of ether oxygens (including phenoxy) is 1. The summed E-state index contributed by atoms with van der Waals surface area (Å²) in [5.74, 6) is 1.82. The second-order valence-electron chi connectivity index (χ2n) is 12.9. The van der Waals surface area contributed by atoms with Crippen molar-refractivity contribution in [3.05, 3.63) is 12.2 Å². The molecular formula is C30H64ClN3O5. The molecule has 8 nitrogen and oxygen atoms in total. The molecule has 0 aromatic rings. The number of piperidine rings is 1. The van der Waals surface area contributed by atoms with Crippen LogP contribution in [0.15, 0.2) is 12.2 Å². The molecule has 0 radical (unpaired) electrons. The molecule has 1 aliphatic heterocycles. The van der Waals surface area contributed by atoms with E-state index in [-0.39, 0.29) is 52.2 Å². The van der Waals surface area contributed by atoms with Crippen LogP contribution in [-0.2, 0) is 9.53 Å². The van der Waals surface area contributed by atoms with Crippen molar-refractivity contribution in [2.24, 2.45) is 23.2 Å². The normalized spacial score (nSPS) is 25.2. The van der Waals surface area contributed by atoms with Crippen LogP contribution in [0.4, 0.5) is 0 Å². The third-order valence-corrected chi connectivity index (χ3v) is 8.32. The molecule has 3 rings (SSSR count). The molecule has 2 fully saturated rings. The average Bonchev–Trinajstić information content (AvgIpc) is 3.27. The van der Waals surface area contributed by atoms with Gasteiger partial charge in [0.25, 0.3) is 0 Å². The zero-order valence-corrected chi connectivity index (χ0v) is 26.1. The zero-order valence-electron chi connectivity index (χ0n) is 25.3. The van der Waals surface area contributed by atoms with Crippen molar-refractivity contribution < 1.29 is 26.0 Å². The summed E-state index contributed by atoms with van der Waals surface area (Å²) in [6.07, 6.45) is 13.3. The standard InChI is InChI=1S/C19H33ClN2O.C10H21NO.CH4.3H2O/c1-13(2)17(21-5)18(23)22-11-10-16(19(3,4)12-22)14-6-8-15(20)9-7-14;1-10(2,3)12-8-11-9-6-4-5-7-9;;;;/h6,8,13-17,21H,7,9-12H2,1-5H3;9,11H,4-8H2,1-3H3;1H4;3*1H2/t14?,15?,16?,17-;;;;;/m1...../s1. The molecule has 3 aliphatic rings. The summed E-state index contributed by atoms with van der Waals surface area (Å²) in [5.41, 5.74) is 0.142. The highest BCUT2D eigenvalue weighted by molar-refractivity contribution is 6.21. The van der Waals surface area contributed by atoms with Crippen LogP contribution >= 0.6 is 11.6 Å². The summed E-state index contributed by atoms with van der Waals surface area (Å²) in [4.78, 5) is 14.9. The predicted molar refractivity (Wildman–Crippen MR) is 166 cm³/mol. The Morgan fingerprint density at radius 1 is 1.05 bits per heavy atom. The summed E-state index contributed by atoms with van der Waals surface area (Å²) < 4.78 is 5.58. The van der Waals surface area contributed by atoms with Crippen molar-refractivity contribution >= 4 is 17.5 Å². The molecule has 1 amide bonds. The van der Waals surface area contributed by atoms with Gasteiger partial charge in [0, 0.05) is 19.1 Å². The van der Waals surface area contributed by atoms with Gasteiger partial charge in [0.2, 0.25) is 5.91 Å². The lowest BCUT2D eigenvalue weighted by atomic mass is 9.65. The molecule has 39 heavy (non-hydrogen) atoms. The molecule has 236 valence electrons. The zero-order chi connectivity index (χ0) is 26.2. The number of likely N-dealkylation sites (tertiary alicyclic amines) is 1. The van der Waals surface area contributed by atoms with Crippen molar-refractivity contribution in [1.82, 2.24) is 15.5 Å². The number of carbonyl (C=O) groups is 1. The van der Waals surface area contributed by atoms with Gasteiger partial charge in [-0.1, -0.05) is 60.1 Å². The van der Waals surface area contributed by atoms with E-state index in [2.05, 4.69) is 76.2 Å². The number of halogens is 1. The molecule has 1 heterocycles. The average molecular weight is 582 g/mol. The SMILES string of the molecule is C.CC(C)(C)OCNC1CCCC1.CN[C@@H](C(=O)N1CCC(C2C=CC(Cl)CC2)C(C)(C)C1)C(C)C.O.O.O. The number of carbonyl (C=O) groups excluding carboxylic acids is 1. The first kappa shape index (κ1) is 42.7. The maximum absolute atomic E-state index is 12.8. The summed E-state index contributed by atoms with van der Waals surface area (Å²) in [6, 6.07) is 0.640. The summed E-state index contributed by atoms with van der Waals surface area (Å²) in [7, 11) is 1.88. The van der Waals surface area contributed by atoms with Gasteiger partial charge in [-0.2, -0.15) is 0 Å². The maximum atomic E-state index is 12.8. The van der Waals surface area contributed by atoms with E-state index in [1.807, 2.05) is 7.05 Å². The molecular weight excluding hydrogens is 518 g/mol. The second kappa shape index (κ2) is 19.4. The Balaban J connectivity index is -0.000000700. The first-order valence-electron chi connectivity index (χ1n) is 14.0. The number of hydrogen-bond donors (Lipinski definition) is 2. The van der Waals surface area contributed by atoms with E-state index in [0.717, 1.165) is 25.9 Å². The van der Waals surface area contributed by atoms with Gasteiger partial charge >= 0.3 is 0 Å². The van der Waals surface area contributed by atoms with Gasteiger partial charge in [-0.05, 0) is 83.1 Å². The van der Waals surface area contributed by atoms with E-state index < -0.39 is 0 Å². The molecule has 0 bridgehead atoms. The first-order valence-corrected chi connectivity index (χ1v) is 14.4. The van der Waals surface area contributed by atoms with Crippen LogP contribution in [0.3, 0.4) is 0 Å². The molecule has 9 heteroatoms. The van der Waals surface area contributed by atoms with Crippen LogP contribution < -0.4 is 10.6 Å². The molecule has 8 N–H and O–H groups in total. The third kappa shape index (κ3) is 14.1. The third-order valence-electron chi connectivity index (χ3n) is 7.96. The molecule has 4 atom stereocenters. The summed E-state index contributed by atoms with van der Waals surface area (Å²) >= 11 is 6.19. The highest BCUT2D eigenvalue weighted by atomic mass is 35.5. The number of alkyl halides is 1. The number of amides is 1. The van der Waals surface area contributed by atoms with Crippen molar-refractivity contribution in [3.8, 4) is 0 Å². The van der Waals surface area contributed by atoms with Crippen molar-refractivity contribution in [2.75, 3.05) is 26.9 Å². The van der Waals surface area contributed by atoms with Crippen LogP contribution in [-0.4, -0.2) is 77.2 Å². The summed E-state index contributed by atoms with van der Waals surface area (Å²) in [6.45, 7) is 17.5. The number of nitrogens with one attached hydrogen (secondary N) is 2. The summed E-state index contributed by atoms with van der Waals surface area (Å²) in [5, 5.41) is 6.81. The van der Waals surface area contributed by atoms with E-state index >= 15 is 0 Å². The van der Waals surface area contributed by atoms with Crippen LogP contribution in [0, 0.1) is 23.2 Å². The minimum Gasteiger partial charge on any atom is -0.412 e. The van der Waals surface area contributed by atoms with E-state index in [0.29, 0.717) is 30.5 Å². The lowest BCUT2D eigenvalue weighted by molar-refractivity contribution is -0.139. The lowest BCUT2D eigenvalue weighted by Crippen LogP contribution is -2.55. The monoisotopic (exact) mass is 581 g/mol. The van der Waals surface area contributed by atoms with Gasteiger partial charge in [-0.15, -0.1) is 11.6 Å². The minimum atomic E-state index is -0.0751. The van der Waals surface area contributed by atoms with Crippen molar-refractivity contribution in [3.63, 3.8) is 0 Å². The largest absolute Gasteiger partial charge is 0.412 e. The predicted octanol–water partition coefficient (Wildman–Crippen LogP) is 4.13. The van der Waals surface area contributed by atoms with E-state index in [1.54, 1.807) is 0 Å². The van der Waals surface area contributed by atoms with Gasteiger partial charge in [0.15, 0.2) is 0 Å². The Bertz CT molecular complexity index is 678. The molecule has 1 saturated carbocycles. The maximum Gasteiger partial charge on any atom is 0.239 e. The molecule has 0 spiro atoms. The Kier molecular flexibility index (Phi) is 21.2. The quantitative estimate of drug-likeness (QED) is 0.264. The van der Waals surface area contributed by atoms with Crippen LogP contribution in [0.25, 0.3) is 0 Å². The Morgan fingerprint density at radius 2 is 1.64 bits per heavy atom. The van der Waals surface area contributed by atoms with Crippen molar-refractivity contribution in [1.29, 1.82) is 0 Å². The van der Waals surface area contributed by atoms with Crippen LogP contribution in [0.5, 0.6) is 0 Å². The Hall–Kier alpha value is -0.740. The highest BCUT2D eigenvalue weighted by Gasteiger charge is 2.42. The highest BCUT2D eigenvalue weighted by Crippen LogP contribution is 2.43. The van der Waals surface area contributed by atoms with Gasteiger partial charge in [0.05, 0.1) is 23.8 Å². The van der Waals surface area contributed by atoms with Gasteiger partial charge in [-0.25, -0.2) is 0 Å². The molecule has 2 aliphatic carbocycles. The minimum absolute atomic E-state index is 0. The van der Waals surface area contributed by atoms with Gasteiger partial charge in [0.1, 0.15) is 0 Å². The Labute approximate surface area is 245 Å². The topological polar surface area (TPSA) is 148 Å². The fourth-order valence-electron chi connectivity index (χ4n) is 5.94. The number of likely N-dealkylation sites (N-methyl/N-ethyl adjacent to an activating group) is 1. The smallest absolute Gasteiger partial charge is 0.239 e. The fourth-order valence-corrected chi connectivity index (χ4v) is 6.15. The van der Waals surface area contributed by atoms with Crippen LogP contribution in [0.1, 0.15) is 101 Å². The van der Waals surface area contributed by atoms with Gasteiger partial charge in [-0.3, -0.25) is 10.1 Å². The number of allylic oxidation sites excluding steroid dienone is 2. The lowest BCUT2D eigenvalue weighted by Gasteiger charge is -2.48. The number of rotatable bonds is 7. The van der Waals surface area contributed by atoms with Gasteiger partial charge < -0.3 is 31.4 Å². The second-order valence-corrected chi connectivity index (χ2v) is 13.4. The molecule has 3 unspecified atom stereocenters. The van der Waals surface area contributed by atoms with Crippen LogP contribution in [0.2, 0.25) is 0 Å². The van der Waals surface area contributed by atoms with E-state index in [4.69, 9.17) is 16.3 Å². The van der Waals surface area contributed by atoms with E-state index in [9.17, 15) is 4.79 Å². The first-order chi connectivity index (χ1) is 16.3.